The number of rotatable bonds is 3. The Morgan fingerprint density at radius 2 is 2.00 bits per heavy atom. The highest BCUT2D eigenvalue weighted by Crippen LogP contribution is 2.23. The number of hydrogen-bond acceptors (Lipinski definition) is 3. The number of hydrogen-bond donors (Lipinski definition) is 0. The fourth-order valence-corrected chi connectivity index (χ4v) is 1.16. The first kappa shape index (κ1) is 12.5. The van der Waals surface area contributed by atoms with Crippen LogP contribution in [-0.2, 0) is 9.53 Å². The molecule has 14 heavy (non-hydrogen) atoms. The van der Waals surface area contributed by atoms with Crippen molar-refractivity contribution in [3.8, 4) is 6.07 Å². The largest absolute Gasteiger partial charge is 0.466 e. The van der Waals surface area contributed by atoms with Gasteiger partial charge in [0.05, 0.1) is 18.8 Å². The first-order valence-electron chi connectivity index (χ1n) is 3.69. The van der Waals surface area contributed by atoms with Crippen LogP contribution in [0.2, 0.25) is 0 Å². The molecule has 0 rings (SSSR count). The second-order valence-corrected chi connectivity index (χ2v) is 2.94. The van der Waals surface area contributed by atoms with Crippen LogP contribution in [0.15, 0.2) is 34.9 Å². The Hall–Kier alpha value is -1.53. The smallest absolute Gasteiger partial charge is 0.334 e. The summed E-state index contributed by atoms with van der Waals surface area (Å²) in [6.45, 7) is 8.41. The zero-order valence-electron chi connectivity index (χ0n) is 8.06. The summed E-state index contributed by atoms with van der Waals surface area (Å²) in [5.74, 6) is -0.557. The van der Waals surface area contributed by atoms with Crippen molar-refractivity contribution in [1.29, 1.82) is 5.26 Å². The molecule has 4 heteroatoms. The fourth-order valence-electron chi connectivity index (χ4n) is 0.905. The Bertz CT molecular complexity index is 361. The monoisotopic (exact) mass is 211 g/mol. The van der Waals surface area contributed by atoms with Gasteiger partial charge in [0.1, 0.15) is 0 Å². The van der Waals surface area contributed by atoms with E-state index in [1.165, 1.54) is 14.0 Å². The molecule has 74 valence electrons. The van der Waals surface area contributed by atoms with Crippen LogP contribution in [0.4, 0.5) is 0 Å². The Kier molecular flexibility index (Phi) is 4.68. The minimum atomic E-state index is -0.557. The van der Waals surface area contributed by atoms with Gasteiger partial charge >= 0.3 is 5.97 Å². The molecule has 0 aliphatic heterocycles. The minimum Gasteiger partial charge on any atom is -0.466 e. The van der Waals surface area contributed by atoms with E-state index in [9.17, 15) is 4.79 Å². The van der Waals surface area contributed by atoms with E-state index < -0.39 is 5.97 Å². The molecular formula is C10H10ClNO2. The van der Waals surface area contributed by atoms with Crippen molar-refractivity contribution in [1.82, 2.24) is 0 Å². The van der Waals surface area contributed by atoms with Gasteiger partial charge in [0.2, 0.25) is 0 Å². The molecule has 0 aromatic carbocycles. The van der Waals surface area contributed by atoms with Crippen LogP contribution in [0.3, 0.4) is 0 Å². The molecule has 0 atom stereocenters. The predicted octanol–water partition coefficient (Wildman–Crippen LogP) is 2.31. The number of carbonyl (C=O) groups is 1. The summed E-state index contributed by atoms with van der Waals surface area (Å²) in [7, 11) is 1.25. The molecule has 0 bridgehead atoms. The number of nitrogens with zero attached hydrogens (tertiary/aromatic N) is 1. The quantitative estimate of drug-likeness (QED) is 0.312. The lowest BCUT2D eigenvalue weighted by Gasteiger charge is -2.06. The van der Waals surface area contributed by atoms with Crippen LogP contribution in [0, 0.1) is 11.3 Å². The number of esters is 1. The Morgan fingerprint density at radius 1 is 1.50 bits per heavy atom. The van der Waals surface area contributed by atoms with Gasteiger partial charge in [-0.15, -0.1) is 0 Å². The van der Waals surface area contributed by atoms with E-state index >= 15 is 0 Å². The molecule has 0 aromatic heterocycles. The van der Waals surface area contributed by atoms with E-state index in [1.807, 2.05) is 0 Å². The zero-order chi connectivity index (χ0) is 11.3. The van der Waals surface area contributed by atoms with Gasteiger partial charge in [-0.25, -0.2) is 4.79 Å². The van der Waals surface area contributed by atoms with Crippen molar-refractivity contribution < 1.29 is 9.53 Å². The number of nitriles is 1. The van der Waals surface area contributed by atoms with Gasteiger partial charge in [-0.1, -0.05) is 24.8 Å². The van der Waals surface area contributed by atoms with E-state index in [1.54, 1.807) is 6.07 Å². The van der Waals surface area contributed by atoms with Crippen LogP contribution in [0.1, 0.15) is 6.92 Å². The lowest BCUT2D eigenvalue weighted by Crippen LogP contribution is -2.06. The first-order valence-corrected chi connectivity index (χ1v) is 4.06. The molecule has 0 aromatic rings. The molecule has 0 N–H and O–H groups in total. The zero-order valence-corrected chi connectivity index (χ0v) is 8.81. The molecule has 0 unspecified atom stereocenters. The number of allylic oxidation sites excluding steroid dienone is 3. The summed E-state index contributed by atoms with van der Waals surface area (Å²) >= 11 is 5.64. The van der Waals surface area contributed by atoms with Crippen molar-refractivity contribution in [2.24, 2.45) is 0 Å². The molecular weight excluding hydrogens is 202 g/mol. The topological polar surface area (TPSA) is 50.1 Å². The van der Waals surface area contributed by atoms with Gasteiger partial charge in [0.15, 0.2) is 0 Å². The van der Waals surface area contributed by atoms with Gasteiger partial charge in [-0.2, -0.15) is 5.26 Å². The highest BCUT2D eigenvalue weighted by atomic mass is 35.5. The highest BCUT2D eigenvalue weighted by molar-refractivity contribution is 6.32. The van der Waals surface area contributed by atoms with E-state index in [0.717, 1.165) is 0 Å². The van der Waals surface area contributed by atoms with Crippen molar-refractivity contribution >= 4 is 17.6 Å². The van der Waals surface area contributed by atoms with Gasteiger partial charge in [0.25, 0.3) is 0 Å². The third-order valence-corrected chi connectivity index (χ3v) is 1.76. The Morgan fingerprint density at radius 3 is 2.29 bits per heavy atom. The van der Waals surface area contributed by atoms with E-state index in [2.05, 4.69) is 17.9 Å². The maximum absolute atomic E-state index is 11.1. The average Bonchev–Trinajstić information content (AvgIpc) is 2.15. The summed E-state index contributed by atoms with van der Waals surface area (Å²) in [4.78, 5) is 11.1. The number of ether oxygens (including phenoxy) is 1. The lowest BCUT2D eigenvalue weighted by atomic mass is 10.0. The van der Waals surface area contributed by atoms with Crippen molar-refractivity contribution in [2.45, 2.75) is 6.92 Å². The SMILES string of the molecule is C=C(Cl)C(C(=C)C#N)=C(C)C(=O)OC. The molecule has 3 nitrogen and oxygen atoms in total. The molecule has 0 aliphatic carbocycles. The van der Waals surface area contributed by atoms with E-state index in [0.29, 0.717) is 0 Å². The average molecular weight is 212 g/mol. The number of carbonyl (C=O) groups excluding carboxylic acids is 1. The Balaban J connectivity index is 5.41. The van der Waals surface area contributed by atoms with Crippen molar-refractivity contribution in [3.63, 3.8) is 0 Å². The first-order chi connectivity index (χ1) is 6.45. The summed E-state index contributed by atoms with van der Waals surface area (Å²) < 4.78 is 4.49. The van der Waals surface area contributed by atoms with Crippen molar-refractivity contribution in [2.75, 3.05) is 7.11 Å². The van der Waals surface area contributed by atoms with Crippen LogP contribution in [0.5, 0.6) is 0 Å². The van der Waals surface area contributed by atoms with Gasteiger partial charge < -0.3 is 4.74 Å². The van der Waals surface area contributed by atoms with Gasteiger partial charge in [0, 0.05) is 16.2 Å². The standard InChI is InChI=1S/C10H10ClNO2/c1-6(5-12)9(8(3)11)7(2)10(13)14-4/h1,3H2,2,4H3. The summed E-state index contributed by atoms with van der Waals surface area (Å²) in [5.41, 5.74) is 0.549. The third kappa shape index (κ3) is 2.75. The van der Waals surface area contributed by atoms with Gasteiger partial charge in [-0.05, 0) is 6.92 Å². The van der Waals surface area contributed by atoms with Crippen LogP contribution in [0.25, 0.3) is 0 Å². The summed E-state index contributed by atoms with van der Waals surface area (Å²) in [6.07, 6.45) is 0. The van der Waals surface area contributed by atoms with E-state index in [-0.39, 0.29) is 21.8 Å². The molecule has 0 aliphatic rings. The second-order valence-electron chi connectivity index (χ2n) is 2.49. The fraction of sp³-hybridized carbons (Fsp3) is 0.200. The molecule has 0 spiro atoms. The third-order valence-electron chi connectivity index (χ3n) is 1.57. The highest BCUT2D eigenvalue weighted by Gasteiger charge is 2.15. The molecule has 0 radical (unpaired) electrons. The van der Waals surface area contributed by atoms with Crippen LogP contribution in [-0.4, -0.2) is 13.1 Å². The molecule has 0 heterocycles. The summed E-state index contributed by atoms with van der Waals surface area (Å²) in [6, 6.07) is 1.80. The molecule has 0 amide bonds. The number of halogens is 1. The van der Waals surface area contributed by atoms with Crippen LogP contribution < -0.4 is 0 Å². The van der Waals surface area contributed by atoms with Crippen molar-refractivity contribution in [3.05, 3.63) is 34.9 Å². The minimum absolute atomic E-state index is 0.0906. The lowest BCUT2D eigenvalue weighted by molar-refractivity contribution is -0.136. The summed E-state index contributed by atoms with van der Waals surface area (Å²) in [5, 5.41) is 8.72. The van der Waals surface area contributed by atoms with Gasteiger partial charge in [-0.3, -0.25) is 0 Å². The Labute approximate surface area is 87.9 Å². The second kappa shape index (κ2) is 5.25. The molecule has 0 fully saturated rings. The van der Waals surface area contributed by atoms with E-state index in [4.69, 9.17) is 16.9 Å². The molecule has 0 saturated heterocycles. The maximum Gasteiger partial charge on any atom is 0.334 e. The molecule has 0 saturated carbocycles. The van der Waals surface area contributed by atoms with Crippen LogP contribution >= 0.6 is 11.6 Å². The number of methoxy groups -OCH3 is 1. The maximum atomic E-state index is 11.1. The normalized spacial score (nSPS) is 11.0. The predicted molar refractivity (Wildman–Crippen MR) is 54.5 cm³/mol.